The summed E-state index contributed by atoms with van der Waals surface area (Å²) in [6.07, 6.45) is 0.909. The summed E-state index contributed by atoms with van der Waals surface area (Å²) in [6.45, 7) is 7.67. The van der Waals surface area contributed by atoms with Crippen LogP contribution in [-0.2, 0) is 0 Å². The number of guanidine groups is 1. The van der Waals surface area contributed by atoms with Crippen LogP contribution < -0.4 is 11.1 Å². The van der Waals surface area contributed by atoms with E-state index in [1.807, 2.05) is 6.92 Å². The van der Waals surface area contributed by atoms with Crippen LogP contribution in [0.3, 0.4) is 0 Å². The molecular weight excluding hydrogens is 169 g/mol. The minimum atomic E-state index is -0.969. The lowest BCUT2D eigenvalue weighted by atomic mass is 10.1. The minimum absolute atomic E-state index is 0.293. The average molecular weight is 187 g/mol. The van der Waals surface area contributed by atoms with Gasteiger partial charge in [-0.2, -0.15) is 0 Å². The zero-order valence-corrected chi connectivity index (χ0v) is 8.26. The molecule has 13 heavy (non-hydrogen) atoms. The fraction of sp³-hybridized carbons (Fsp3) is 0.667. The van der Waals surface area contributed by atoms with E-state index in [1.165, 1.54) is 0 Å². The Hall–Kier alpha value is -1.06. The molecule has 1 unspecified atom stereocenters. The van der Waals surface area contributed by atoms with Crippen LogP contribution >= 0.6 is 0 Å². The van der Waals surface area contributed by atoms with Crippen molar-refractivity contribution >= 4 is 5.96 Å². The van der Waals surface area contributed by atoms with E-state index in [2.05, 4.69) is 16.9 Å². The number of rotatable bonds is 5. The second-order valence-corrected chi connectivity index (χ2v) is 2.83. The van der Waals surface area contributed by atoms with Crippen LogP contribution in [0.5, 0.6) is 0 Å². The summed E-state index contributed by atoms with van der Waals surface area (Å²) in [6, 6.07) is -0.326. The van der Waals surface area contributed by atoms with E-state index in [1.54, 1.807) is 13.0 Å². The molecule has 0 aromatic heterocycles. The number of nitrogens with zero attached hydrogens (tertiary/aromatic N) is 1. The van der Waals surface area contributed by atoms with Gasteiger partial charge in [0.15, 0.2) is 5.96 Å². The summed E-state index contributed by atoms with van der Waals surface area (Å²) in [5, 5.41) is 2.77. The van der Waals surface area contributed by atoms with E-state index in [-0.39, 0.29) is 6.04 Å². The van der Waals surface area contributed by atoms with Crippen molar-refractivity contribution in [1.29, 1.82) is 0 Å². The van der Waals surface area contributed by atoms with Gasteiger partial charge >= 0.3 is 0 Å². The molecule has 3 N–H and O–H groups in total. The Morgan fingerprint density at radius 1 is 1.77 bits per heavy atom. The van der Waals surface area contributed by atoms with Crippen LogP contribution in [0.15, 0.2) is 17.6 Å². The van der Waals surface area contributed by atoms with Gasteiger partial charge in [-0.15, -0.1) is 6.58 Å². The van der Waals surface area contributed by atoms with E-state index >= 15 is 0 Å². The number of nitrogens with two attached hydrogens (primary N) is 1. The molecule has 0 bridgehead atoms. The van der Waals surface area contributed by atoms with Crippen molar-refractivity contribution in [1.82, 2.24) is 5.32 Å². The fourth-order valence-corrected chi connectivity index (χ4v) is 0.903. The van der Waals surface area contributed by atoms with Crippen LogP contribution in [0.4, 0.5) is 4.39 Å². The van der Waals surface area contributed by atoms with Gasteiger partial charge in [-0.1, -0.05) is 6.08 Å². The first-order valence-corrected chi connectivity index (χ1v) is 4.43. The van der Waals surface area contributed by atoms with Crippen LogP contribution in [0.2, 0.25) is 0 Å². The Bertz CT molecular complexity index is 180. The number of halogens is 1. The van der Waals surface area contributed by atoms with Gasteiger partial charge < -0.3 is 11.1 Å². The lowest BCUT2D eigenvalue weighted by molar-refractivity contribution is 0.280. The number of aliphatic imine (C=N–C) groups is 1. The zero-order valence-electron chi connectivity index (χ0n) is 8.26. The molecule has 0 saturated heterocycles. The maximum Gasteiger partial charge on any atom is 0.188 e. The third-order valence-corrected chi connectivity index (χ3v) is 1.64. The highest BCUT2D eigenvalue weighted by atomic mass is 19.1. The second-order valence-electron chi connectivity index (χ2n) is 2.83. The minimum Gasteiger partial charge on any atom is -0.370 e. The van der Waals surface area contributed by atoms with Crippen molar-refractivity contribution in [2.75, 3.05) is 6.54 Å². The summed E-state index contributed by atoms with van der Waals surface area (Å²) < 4.78 is 13.2. The van der Waals surface area contributed by atoms with Crippen LogP contribution in [0, 0.1) is 0 Å². The zero-order chi connectivity index (χ0) is 10.3. The molecule has 76 valence electrons. The Labute approximate surface area is 78.9 Å². The van der Waals surface area contributed by atoms with Gasteiger partial charge in [-0.25, -0.2) is 4.39 Å². The molecule has 2 atom stereocenters. The van der Waals surface area contributed by atoms with Gasteiger partial charge in [0.1, 0.15) is 6.17 Å². The number of alkyl halides is 1. The van der Waals surface area contributed by atoms with E-state index in [4.69, 9.17) is 5.73 Å². The number of nitrogens with one attached hydrogen (secondary N) is 1. The standard InChI is InChI=1S/C9H18FN3/c1-4-6-8(10)7(3)13-9(11)12-5-2/h4,7-8H,1,5-6H2,2-3H3,(H3,11,12,13)/t7?,8-/m1/s1. The SMILES string of the molecule is C=CC[C@@H](F)C(C)N/C(N)=N\CC. The Kier molecular flexibility index (Phi) is 5.93. The monoisotopic (exact) mass is 187 g/mol. The van der Waals surface area contributed by atoms with Crippen molar-refractivity contribution in [2.45, 2.75) is 32.5 Å². The van der Waals surface area contributed by atoms with Gasteiger partial charge in [0, 0.05) is 6.54 Å². The van der Waals surface area contributed by atoms with Gasteiger partial charge in [0.25, 0.3) is 0 Å². The van der Waals surface area contributed by atoms with Crippen LogP contribution in [0.1, 0.15) is 20.3 Å². The molecule has 0 amide bonds. The largest absolute Gasteiger partial charge is 0.370 e. The molecular formula is C9H18FN3. The molecule has 0 fully saturated rings. The Morgan fingerprint density at radius 2 is 2.38 bits per heavy atom. The third kappa shape index (κ3) is 5.22. The molecule has 0 aliphatic rings. The normalized spacial score (nSPS) is 16.4. The highest BCUT2D eigenvalue weighted by Crippen LogP contribution is 2.03. The lowest BCUT2D eigenvalue weighted by Crippen LogP contribution is -2.43. The average Bonchev–Trinajstić information content (AvgIpc) is 2.05. The fourth-order valence-electron chi connectivity index (χ4n) is 0.903. The van der Waals surface area contributed by atoms with Gasteiger partial charge in [-0.3, -0.25) is 4.99 Å². The molecule has 0 rings (SSSR count). The first-order valence-electron chi connectivity index (χ1n) is 4.43. The van der Waals surface area contributed by atoms with E-state index in [0.717, 1.165) is 0 Å². The van der Waals surface area contributed by atoms with Crippen molar-refractivity contribution in [3.8, 4) is 0 Å². The Balaban J connectivity index is 3.90. The highest BCUT2D eigenvalue weighted by Gasteiger charge is 2.14. The van der Waals surface area contributed by atoms with Crippen molar-refractivity contribution < 1.29 is 4.39 Å². The topological polar surface area (TPSA) is 50.4 Å². The summed E-state index contributed by atoms with van der Waals surface area (Å²) in [4.78, 5) is 3.90. The number of hydrogen-bond donors (Lipinski definition) is 2. The number of hydrogen-bond acceptors (Lipinski definition) is 1. The van der Waals surface area contributed by atoms with Crippen LogP contribution in [-0.4, -0.2) is 24.7 Å². The summed E-state index contributed by atoms with van der Waals surface area (Å²) in [5.74, 6) is 0.293. The molecule has 3 nitrogen and oxygen atoms in total. The quantitative estimate of drug-likeness (QED) is 0.386. The molecule has 0 spiro atoms. The summed E-state index contributed by atoms with van der Waals surface area (Å²) >= 11 is 0. The van der Waals surface area contributed by atoms with Crippen molar-refractivity contribution in [3.05, 3.63) is 12.7 Å². The van der Waals surface area contributed by atoms with E-state index in [9.17, 15) is 4.39 Å². The van der Waals surface area contributed by atoms with E-state index in [0.29, 0.717) is 18.9 Å². The molecule has 0 radical (unpaired) electrons. The van der Waals surface area contributed by atoms with Crippen molar-refractivity contribution in [2.24, 2.45) is 10.7 Å². The van der Waals surface area contributed by atoms with E-state index < -0.39 is 6.17 Å². The van der Waals surface area contributed by atoms with Gasteiger partial charge in [-0.05, 0) is 20.3 Å². The first-order chi connectivity index (χ1) is 6.11. The summed E-state index contributed by atoms with van der Waals surface area (Å²) in [7, 11) is 0. The summed E-state index contributed by atoms with van der Waals surface area (Å²) in [5.41, 5.74) is 5.47. The predicted octanol–water partition coefficient (Wildman–Crippen LogP) is 1.21. The highest BCUT2D eigenvalue weighted by molar-refractivity contribution is 5.78. The van der Waals surface area contributed by atoms with Gasteiger partial charge in [0.05, 0.1) is 6.04 Å². The number of allylic oxidation sites excluding steroid dienone is 1. The lowest BCUT2D eigenvalue weighted by Gasteiger charge is -2.17. The molecule has 4 heteroatoms. The predicted molar refractivity (Wildman–Crippen MR) is 54.5 cm³/mol. The maximum atomic E-state index is 13.2. The first kappa shape index (κ1) is 11.9. The third-order valence-electron chi connectivity index (χ3n) is 1.64. The molecule has 0 aliphatic heterocycles. The Morgan fingerprint density at radius 3 is 2.85 bits per heavy atom. The smallest absolute Gasteiger partial charge is 0.188 e. The van der Waals surface area contributed by atoms with Gasteiger partial charge in [0.2, 0.25) is 0 Å². The molecule has 0 aromatic carbocycles. The molecule has 0 aliphatic carbocycles. The molecule has 0 aromatic rings. The molecule has 0 heterocycles. The van der Waals surface area contributed by atoms with Crippen molar-refractivity contribution in [3.63, 3.8) is 0 Å². The second kappa shape index (κ2) is 6.46. The molecule has 0 saturated carbocycles. The maximum absolute atomic E-state index is 13.2. The van der Waals surface area contributed by atoms with Crippen LogP contribution in [0.25, 0.3) is 0 Å².